The molecule has 0 aromatic heterocycles. The number of nitrogens with two attached hydrogens (primary N) is 1. The van der Waals surface area contributed by atoms with Gasteiger partial charge in [-0.3, -0.25) is 9.59 Å². The number of carbonyl (C=O) groups is 2. The summed E-state index contributed by atoms with van der Waals surface area (Å²) in [4.78, 5) is 22.1. The van der Waals surface area contributed by atoms with Crippen molar-refractivity contribution in [2.45, 2.75) is 39.7 Å². The third-order valence-electron chi connectivity index (χ3n) is 1.78. The molecule has 0 radical (unpaired) electrons. The second kappa shape index (κ2) is 5.04. The molecule has 2 N–H and O–H groups in total. The molecule has 0 aliphatic heterocycles. The first-order chi connectivity index (χ1) is 5.49. The summed E-state index contributed by atoms with van der Waals surface area (Å²) in [6.07, 6.45) is 0.645. The SMILES string of the molecule is CCC(=O)CC(N)C(=O)C(C)C. The number of ketones is 2. The summed E-state index contributed by atoms with van der Waals surface area (Å²) in [5.74, 6) is -0.0574. The normalized spacial score (nSPS) is 13.1. The van der Waals surface area contributed by atoms with Gasteiger partial charge in [-0.15, -0.1) is 0 Å². The summed E-state index contributed by atoms with van der Waals surface area (Å²) >= 11 is 0. The zero-order valence-electron chi connectivity index (χ0n) is 7.96. The van der Waals surface area contributed by atoms with Gasteiger partial charge in [-0.05, 0) is 0 Å². The molecule has 0 bridgehead atoms. The minimum atomic E-state index is -0.600. The average Bonchev–Trinajstić information content (AvgIpc) is 2.02. The van der Waals surface area contributed by atoms with E-state index in [-0.39, 0.29) is 23.9 Å². The van der Waals surface area contributed by atoms with Crippen molar-refractivity contribution < 1.29 is 9.59 Å². The Kier molecular flexibility index (Phi) is 4.74. The van der Waals surface area contributed by atoms with Crippen LogP contribution in [0, 0.1) is 5.92 Å². The Hall–Kier alpha value is -0.700. The van der Waals surface area contributed by atoms with Crippen LogP contribution in [0.1, 0.15) is 33.6 Å². The quantitative estimate of drug-likeness (QED) is 0.668. The van der Waals surface area contributed by atoms with Gasteiger partial charge >= 0.3 is 0 Å². The summed E-state index contributed by atoms with van der Waals surface area (Å²) in [6.45, 7) is 5.35. The van der Waals surface area contributed by atoms with E-state index in [1.54, 1.807) is 20.8 Å². The van der Waals surface area contributed by atoms with Crippen LogP contribution in [-0.4, -0.2) is 17.6 Å². The number of rotatable bonds is 5. The second-order valence-electron chi connectivity index (χ2n) is 3.26. The summed E-state index contributed by atoms with van der Waals surface area (Å²) in [7, 11) is 0. The van der Waals surface area contributed by atoms with Gasteiger partial charge in [0, 0.05) is 18.8 Å². The lowest BCUT2D eigenvalue weighted by atomic mass is 9.98. The van der Waals surface area contributed by atoms with Gasteiger partial charge in [0.15, 0.2) is 5.78 Å². The zero-order chi connectivity index (χ0) is 9.72. The Morgan fingerprint density at radius 3 is 2.17 bits per heavy atom. The highest BCUT2D eigenvalue weighted by atomic mass is 16.1. The second-order valence-corrected chi connectivity index (χ2v) is 3.26. The summed E-state index contributed by atoms with van der Waals surface area (Å²) in [5, 5.41) is 0. The van der Waals surface area contributed by atoms with Gasteiger partial charge in [0.05, 0.1) is 6.04 Å². The van der Waals surface area contributed by atoms with E-state index >= 15 is 0 Å². The average molecular weight is 171 g/mol. The first-order valence-electron chi connectivity index (χ1n) is 4.30. The van der Waals surface area contributed by atoms with Crippen molar-refractivity contribution in [1.82, 2.24) is 0 Å². The van der Waals surface area contributed by atoms with Crippen LogP contribution >= 0.6 is 0 Å². The fraction of sp³-hybridized carbons (Fsp3) is 0.778. The third kappa shape index (κ3) is 3.62. The number of hydrogen-bond donors (Lipinski definition) is 1. The highest BCUT2D eigenvalue weighted by Gasteiger charge is 2.18. The molecule has 1 atom stereocenters. The molecule has 0 rings (SSSR count). The van der Waals surface area contributed by atoms with Gasteiger partial charge in [0.25, 0.3) is 0 Å². The van der Waals surface area contributed by atoms with E-state index < -0.39 is 6.04 Å². The van der Waals surface area contributed by atoms with E-state index in [0.29, 0.717) is 6.42 Å². The van der Waals surface area contributed by atoms with E-state index in [1.807, 2.05) is 0 Å². The van der Waals surface area contributed by atoms with E-state index in [4.69, 9.17) is 5.73 Å². The van der Waals surface area contributed by atoms with Gasteiger partial charge in [-0.25, -0.2) is 0 Å². The largest absolute Gasteiger partial charge is 0.321 e. The Labute approximate surface area is 73.3 Å². The van der Waals surface area contributed by atoms with Crippen LogP contribution in [0.5, 0.6) is 0 Å². The molecule has 0 amide bonds. The van der Waals surface area contributed by atoms with Crippen molar-refractivity contribution in [2.24, 2.45) is 11.7 Å². The van der Waals surface area contributed by atoms with E-state index in [1.165, 1.54) is 0 Å². The maximum atomic E-state index is 11.2. The van der Waals surface area contributed by atoms with Crippen molar-refractivity contribution in [3.8, 4) is 0 Å². The summed E-state index contributed by atoms with van der Waals surface area (Å²) < 4.78 is 0. The first-order valence-corrected chi connectivity index (χ1v) is 4.30. The summed E-state index contributed by atoms with van der Waals surface area (Å²) in [5.41, 5.74) is 5.52. The molecule has 3 nitrogen and oxygen atoms in total. The van der Waals surface area contributed by atoms with Crippen LogP contribution in [0.4, 0.5) is 0 Å². The molecule has 0 aromatic rings. The molecule has 0 aliphatic carbocycles. The van der Waals surface area contributed by atoms with Gasteiger partial charge in [0.1, 0.15) is 5.78 Å². The number of carbonyl (C=O) groups excluding carboxylic acids is 2. The number of hydrogen-bond acceptors (Lipinski definition) is 3. The van der Waals surface area contributed by atoms with Gasteiger partial charge in [-0.2, -0.15) is 0 Å². The third-order valence-corrected chi connectivity index (χ3v) is 1.78. The van der Waals surface area contributed by atoms with E-state index in [0.717, 1.165) is 0 Å². The van der Waals surface area contributed by atoms with Crippen LogP contribution in [0.3, 0.4) is 0 Å². The van der Waals surface area contributed by atoms with Gasteiger partial charge in [0.2, 0.25) is 0 Å². The van der Waals surface area contributed by atoms with Crippen LogP contribution in [0.25, 0.3) is 0 Å². The predicted molar refractivity (Wildman–Crippen MR) is 47.7 cm³/mol. The molecule has 1 unspecified atom stereocenters. The van der Waals surface area contributed by atoms with E-state index in [2.05, 4.69) is 0 Å². The first kappa shape index (κ1) is 11.3. The molecule has 12 heavy (non-hydrogen) atoms. The molecule has 0 fully saturated rings. The molecular formula is C9H17NO2. The van der Waals surface area contributed by atoms with Crippen molar-refractivity contribution in [1.29, 1.82) is 0 Å². The lowest BCUT2D eigenvalue weighted by molar-refractivity contribution is -0.127. The van der Waals surface area contributed by atoms with Gasteiger partial charge in [-0.1, -0.05) is 20.8 Å². The maximum Gasteiger partial charge on any atom is 0.152 e. The fourth-order valence-electron chi connectivity index (χ4n) is 0.918. The predicted octanol–water partition coefficient (Wildman–Crippen LogP) is 0.908. The Balaban J connectivity index is 3.95. The molecule has 3 heteroatoms. The molecule has 0 saturated heterocycles. The fourth-order valence-corrected chi connectivity index (χ4v) is 0.918. The van der Waals surface area contributed by atoms with Crippen molar-refractivity contribution in [3.63, 3.8) is 0 Å². The van der Waals surface area contributed by atoms with Crippen LogP contribution in [-0.2, 0) is 9.59 Å². The monoisotopic (exact) mass is 171 g/mol. The van der Waals surface area contributed by atoms with Crippen molar-refractivity contribution in [3.05, 3.63) is 0 Å². The Morgan fingerprint density at radius 2 is 1.83 bits per heavy atom. The highest BCUT2D eigenvalue weighted by molar-refractivity contribution is 5.91. The van der Waals surface area contributed by atoms with Crippen LogP contribution in [0.2, 0.25) is 0 Å². The smallest absolute Gasteiger partial charge is 0.152 e. The maximum absolute atomic E-state index is 11.2. The molecular weight excluding hydrogens is 154 g/mol. The minimum absolute atomic E-state index is 0.0307. The molecule has 0 saturated carbocycles. The number of Topliss-reactive ketones (excluding diaryl/α,β-unsaturated/α-hetero) is 2. The molecule has 0 spiro atoms. The highest BCUT2D eigenvalue weighted by Crippen LogP contribution is 2.02. The zero-order valence-corrected chi connectivity index (χ0v) is 7.96. The van der Waals surface area contributed by atoms with Crippen LogP contribution in [0.15, 0.2) is 0 Å². The molecule has 0 heterocycles. The van der Waals surface area contributed by atoms with Crippen LogP contribution < -0.4 is 5.73 Å². The van der Waals surface area contributed by atoms with E-state index in [9.17, 15) is 9.59 Å². The lowest BCUT2D eigenvalue weighted by Crippen LogP contribution is -2.35. The topological polar surface area (TPSA) is 60.2 Å². The molecule has 70 valence electrons. The van der Waals surface area contributed by atoms with Crippen molar-refractivity contribution in [2.75, 3.05) is 0 Å². The lowest BCUT2D eigenvalue weighted by Gasteiger charge is -2.11. The Bertz CT molecular complexity index is 175. The minimum Gasteiger partial charge on any atom is -0.321 e. The Morgan fingerprint density at radius 1 is 1.33 bits per heavy atom. The molecule has 0 aliphatic rings. The van der Waals surface area contributed by atoms with Gasteiger partial charge < -0.3 is 5.73 Å². The summed E-state index contributed by atoms with van der Waals surface area (Å²) in [6, 6.07) is -0.600. The van der Waals surface area contributed by atoms with Crippen molar-refractivity contribution >= 4 is 11.6 Å². The molecule has 0 aromatic carbocycles. The standard InChI is InChI=1S/C9H17NO2/c1-4-7(11)5-8(10)9(12)6(2)3/h6,8H,4-5,10H2,1-3H3.